The van der Waals surface area contributed by atoms with Crippen molar-refractivity contribution >= 4 is 30.3 Å². The molecule has 140 valence electrons. The summed E-state index contributed by atoms with van der Waals surface area (Å²) >= 11 is 4.03. The smallest absolute Gasteiger partial charge is 0.326 e. The first-order valence-corrected chi connectivity index (χ1v) is 8.65. The van der Waals surface area contributed by atoms with Crippen molar-refractivity contribution < 1.29 is 19.4 Å². The van der Waals surface area contributed by atoms with Crippen LogP contribution in [-0.2, 0) is 14.3 Å². The predicted octanol–water partition coefficient (Wildman–Crippen LogP) is 2.02. The maximum absolute atomic E-state index is 12.1. The second kappa shape index (κ2) is 8.42. The fourth-order valence-electron chi connectivity index (χ4n) is 2.67. The molecule has 0 radical (unpaired) electrons. The molecule has 0 aromatic heterocycles. The van der Waals surface area contributed by atoms with Crippen molar-refractivity contribution in [3.05, 3.63) is 23.6 Å². The van der Waals surface area contributed by atoms with E-state index in [0.717, 1.165) is 0 Å². The Kier molecular flexibility index (Phi) is 7.10. The van der Waals surface area contributed by atoms with Crippen molar-refractivity contribution in [3.63, 3.8) is 0 Å². The lowest BCUT2D eigenvalue weighted by molar-refractivity contribution is -0.154. The number of rotatable bonds is 7. The van der Waals surface area contributed by atoms with Crippen molar-refractivity contribution in [2.45, 2.75) is 39.7 Å². The van der Waals surface area contributed by atoms with Gasteiger partial charge in [0.05, 0.1) is 5.92 Å². The number of amides is 1. The Hall–Kier alpha value is -1.96. The number of allylic oxidation sites excluding steroid dienone is 2. The number of thiol groups is 1. The average Bonchev–Trinajstić information content (AvgIpc) is 2.67. The highest BCUT2D eigenvalue weighted by molar-refractivity contribution is 7.80. The molecule has 0 spiro atoms. The number of carbonyl (C=O) groups excluding carboxylic acids is 2. The van der Waals surface area contributed by atoms with Gasteiger partial charge in [0, 0.05) is 30.0 Å². The lowest BCUT2D eigenvalue weighted by Crippen LogP contribution is -2.37. The van der Waals surface area contributed by atoms with Crippen LogP contribution >= 0.6 is 12.6 Å². The number of hydrogen-bond donors (Lipinski definition) is 4. The molecule has 0 aliphatic carbocycles. The number of aliphatic hydroxyl groups excluding tert-OH is 1. The molecule has 0 fully saturated rings. The first-order chi connectivity index (χ1) is 11.5. The van der Waals surface area contributed by atoms with E-state index in [1.165, 1.54) is 4.90 Å². The SMILES string of the molecule is C=C(O)C1=C(C)N(CC(=O)OC(C)(C)C)C(=N)C1CC(=O)NCCS. The van der Waals surface area contributed by atoms with Crippen LogP contribution in [0.3, 0.4) is 0 Å². The van der Waals surface area contributed by atoms with Crippen LogP contribution in [0.1, 0.15) is 34.1 Å². The summed E-state index contributed by atoms with van der Waals surface area (Å²) in [6.07, 6.45) is -0.0102. The van der Waals surface area contributed by atoms with Crippen LogP contribution in [0.15, 0.2) is 23.6 Å². The van der Waals surface area contributed by atoms with Gasteiger partial charge in [0.25, 0.3) is 0 Å². The van der Waals surface area contributed by atoms with Crippen LogP contribution in [0.5, 0.6) is 0 Å². The molecule has 3 N–H and O–H groups in total. The van der Waals surface area contributed by atoms with Gasteiger partial charge in [0.2, 0.25) is 5.91 Å². The number of hydrogen-bond acceptors (Lipinski definition) is 6. The summed E-state index contributed by atoms with van der Waals surface area (Å²) in [4.78, 5) is 25.6. The van der Waals surface area contributed by atoms with E-state index in [1.807, 2.05) is 0 Å². The van der Waals surface area contributed by atoms with Gasteiger partial charge in [-0.1, -0.05) is 6.58 Å². The number of aliphatic hydroxyl groups is 1. The Balaban J connectivity index is 2.95. The molecule has 1 amide bonds. The van der Waals surface area contributed by atoms with Crippen LogP contribution in [0.2, 0.25) is 0 Å². The van der Waals surface area contributed by atoms with Crippen molar-refractivity contribution in [2.75, 3.05) is 18.8 Å². The van der Waals surface area contributed by atoms with Crippen molar-refractivity contribution in [2.24, 2.45) is 5.92 Å². The normalized spacial score (nSPS) is 17.7. The van der Waals surface area contributed by atoms with Crippen LogP contribution in [-0.4, -0.2) is 52.2 Å². The predicted molar refractivity (Wildman–Crippen MR) is 99.7 cm³/mol. The van der Waals surface area contributed by atoms with Gasteiger partial charge in [0.1, 0.15) is 23.7 Å². The standard InChI is InChI=1S/C17H27N3O4S/c1-10-15(11(2)21)12(8-13(22)19-6-7-25)16(18)20(10)9-14(23)24-17(3,4)5/h12,18,21,25H,2,6-9H2,1,3-5H3,(H,19,22). The summed E-state index contributed by atoms with van der Waals surface area (Å²) in [5.41, 5.74) is 0.288. The van der Waals surface area contributed by atoms with E-state index in [4.69, 9.17) is 10.1 Å². The van der Waals surface area contributed by atoms with Gasteiger partial charge in [0.15, 0.2) is 0 Å². The fraction of sp³-hybridized carbons (Fsp3) is 0.588. The van der Waals surface area contributed by atoms with Gasteiger partial charge in [-0.15, -0.1) is 0 Å². The van der Waals surface area contributed by atoms with E-state index >= 15 is 0 Å². The molecule has 1 atom stereocenters. The largest absolute Gasteiger partial charge is 0.508 e. The minimum absolute atomic E-state index is 0.0102. The topological polar surface area (TPSA) is 103 Å². The van der Waals surface area contributed by atoms with E-state index < -0.39 is 17.5 Å². The van der Waals surface area contributed by atoms with Crippen molar-refractivity contribution in [3.8, 4) is 0 Å². The molecule has 0 saturated heterocycles. The molecule has 1 rings (SSSR count). The van der Waals surface area contributed by atoms with Gasteiger partial charge in [-0.2, -0.15) is 12.6 Å². The highest BCUT2D eigenvalue weighted by Crippen LogP contribution is 2.35. The van der Waals surface area contributed by atoms with Gasteiger partial charge < -0.3 is 20.1 Å². The number of nitrogens with zero attached hydrogens (tertiary/aromatic N) is 1. The first kappa shape index (κ1) is 21.1. The molecule has 1 aliphatic heterocycles. The second-order valence-electron chi connectivity index (χ2n) is 6.83. The van der Waals surface area contributed by atoms with Gasteiger partial charge in [-0.05, 0) is 27.7 Å². The number of ether oxygens (including phenoxy) is 1. The van der Waals surface area contributed by atoms with E-state index in [2.05, 4.69) is 24.5 Å². The number of nitrogens with one attached hydrogen (secondary N) is 2. The van der Waals surface area contributed by atoms with E-state index in [-0.39, 0.29) is 30.5 Å². The fourth-order valence-corrected chi connectivity index (χ4v) is 2.78. The zero-order valence-electron chi connectivity index (χ0n) is 15.2. The monoisotopic (exact) mass is 369 g/mol. The lowest BCUT2D eigenvalue weighted by Gasteiger charge is -2.24. The van der Waals surface area contributed by atoms with Gasteiger partial charge in [-0.3, -0.25) is 15.0 Å². The van der Waals surface area contributed by atoms with E-state index in [9.17, 15) is 14.7 Å². The molecular weight excluding hydrogens is 342 g/mol. The molecule has 25 heavy (non-hydrogen) atoms. The number of carbonyl (C=O) groups is 2. The summed E-state index contributed by atoms with van der Waals surface area (Å²) in [5, 5.41) is 20.9. The summed E-state index contributed by atoms with van der Waals surface area (Å²) in [6.45, 7) is 10.8. The van der Waals surface area contributed by atoms with Crippen LogP contribution in [0, 0.1) is 11.3 Å². The first-order valence-electron chi connectivity index (χ1n) is 8.02. The van der Waals surface area contributed by atoms with Crippen LogP contribution < -0.4 is 5.32 Å². The Labute approximate surface area is 154 Å². The minimum atomic E-state index is -0.653. The average molecular weight is 369 g/mol. The Morgan fingerprint density at radius 1 is 1.44 bits per heavy atom. The molecule has 8 heteroatoms. The van der Waals surface area contributed by atoms with Crippen LogP contribution in [0.25, 0.3) is 0 Å². The van der Waals surface area contributed by atoms with Gasteiger partial charge >= 0.3 is 5.97 Å². The molecule has 0 aromatic carbocycles. The summed E-state index contributed by atoms with van der Waals surface area (Å²) in [5.74, 6) is -1.03. The summed E-state index contributed by atoms with van der Waals surface area (Å²) in [6, 6.07) is 0. The summed E-state index contributed by atoms with van der Waals surface area (Å²) in [7, 11) is 0. The zero-order chi connectivity index (χ0) is 19.4. The lowest BCUT2D eigenvalue weighted by atomic mass is 9.94. The third-order valence-electron chi connectivity index (χ3n) is 3.61. The summed E-state index contributed by atoms with van der Waals surface area (Å²) < 4.78 is 5.29. The molecule has 1 heterocycles. The Morgan fingerprint density at radius 3 is 2.52 bits per heavy atom. The third kappa shape index (κ3) is 5.81. The number of amidine groups is 1. The maximum Gasteiger partial charge on any atom is 0.326 e. The quantitative estimate of drug-likeness (QED) is 0.312. The molecule has 1 unspecified atom stereocenters. The molecule has 0 bridgehead atoms. The third-order valence-corrected chi connectivity index (χ3v) is 3.83. The van der Waals surface area contributed by atoms with E-state index in [1.54, 1.807) is 27.7 Å². The molecule has 0 aromatic rings. The van der Waals surface area contributed by atoms with E-state index in [0.29, 0.717) is 23.6 Å². The van der Waals surface area contributed by atoms with Crippen molar-refractivity contribution in [1.82, 2.24) is 10.2 Å². The maximum atomic E-state index is 12.1. The zero-order valence-corrected chi connectivity index (χ0v) is 16.1. The highest BCUT2D eigenvalue weighted by atomic mass is 32.1. The Bertz CT molecular complexity index is 608. The number of esters is 1. The van der Waals surface area contributed by atoms with Crippen LogP contribution in [0.4, 0.5) is 0 Å². The molecule has 0 saturated carbocycles. The second-order valence-corrected chi connectivity index (χ2v) is 7.28. The Morgan fingerprint density at radius 2 is 2.04 bits per heavy atom. The minimum Gasteiger partial charge on any atom is -0.508 e. The van der Waals surface area contributed by atoms with Gasteiger partial charge in [-0.25, -0.2) is 0 Å². The van der Waals surface area contributed by atoms with Crippen molar-refractivity contribution in [1.29, 1.82) is 5.41 Å². The molecule has 1 aliphatic rings. The molecular formula is C17H27N3O4S. The highest BCUT2D eigenvalue weighted by Gasteiger charge is 2.38. The molecule has 7 nitrogen and oxygen atoms in total.